The highest BCUT2D eigenvalue weighted by Gasteiger charge is 2.29. The minimum atomic E-state index is -1.21. The van der Waals surface area contributed by atoms with E-state index in [1.54, 1.807) is 12.1 Å². The van der Waals surface area contributed by atoms with Crippen molar-refractivity contribution in [1.29, 1.82) is 0 Å². The molecule has 7 heteroatoms. The molecule has 23 heavy (non-hydrogen) atoms. The van der Waals surface area contributed by atoms with Crippen LogP contribution in [0.3, 0.4) is 0 Å². The number of rotatable bonds is 6. The molecule has 0 spiro atoms. The first-order valence-corrected chi connectivity index (χ1v) is 7.70. The van der Waals surface area contributed by atoms with Crippen molar-refractivity contribution in [2.45, 2.75) is 31.4 Å². The summed E-state index contributed by atoms with van der Waals surface area (Å²) in [6.07, 6.45) is -0.00131. The number of hydrogen-bond donors (Lipinski definition) is 3. The van der Waals surface area contributed by atoms with Crippen LogP contribution >= 0.6 is 0 Å². The second-order valence-corrected chi connectivity index (χ2v) is 5.56. The number of amides is 2. The third-order valence-electron chi connectivity index (χ3n) is 3.70. The molecule has 126 valence electrons. The largest absolute Gasteiger partial charge is 0.491 e. The SMILES string of the molecule is O=C(O)N[C@H]1CCCCN(CC(O)COc2ccccc2)C1=O. The molecule has 1 saturated heterocycles. The number of nitrogens with one attached hydrogen (secondary N) is 1. The molecule has 0 aromatic heterocycles. The number of β-amino-alcohol motifs (C(OH)–C–C–N with tert-alkyl or cyclic N) is 1. The van der Waals surface area contributed by atoms with Crippen molar-refractivity contribution in [3.8, 4) is 5.75 Å². The van der Waals surface area contributed by atoms with Gasteiger partial charge in [-0.2, -0.15) is 0 Å². The van der Waals surface area contributed by atoms with Crippen LogP contribution in [0.4, 0.5) is 4.79 Å². The van der Waals surface area contributed by atoms with Crippen molar-refractivity contribution >= 4 is 12.0 Å². The molecular formula is C16H22N2O5. The maximum Gasteiger partial charge on any atom is 0.405 e. The molecule has 1 aromatic rings. The lowest BCUT2D eigenvalue weighted by Gasteiger charge is -2.26. The van der Waals surface area contributed by atoms with E-state index in [9.17, 15) is 14.7 Å². The quantitative estimate of drug-likeness (QED) is 0.728. The normalized spacial score (nSPS) is 19.8. The number of nitrogens with zero attached hydrogens (tertiary/aromatic N) is 1. The molecule has 0 aliphatic carbocycles. The molecule has 1 aromatic carbocycles. The number of para-hydroxylation sites is 1. The van der Waals surface area contributed by atoms with Gasteiger partial charge in [-0.3, -0.25) is 4.79 Å². The molecule has 0 saturated carbocycles. The average molecular weight is 322 g/mol. The van der Waals surface area contributed by atoms with E-state index in [4.69, 9.17) is 9.84 Å². The van der Waals surface area contributed by atoms with Crippen LogP contribution in [0.2, 0.25) is 0 Å². The number of likely N-dealkylation sites (tertiary alicyclic amines) is 1. The minimum Gasteiger partial charge on any atom is -0.491 e. The van der Waals surface area contributed by atoms with Crippen molar-refractivity contribution in [3.63, 3.8) is 0 Å². The van der Waals surface area contributed by atoms with Crippen LogP contribution in [0.1, 0.15) is 19.3 Å². The van der Waals surface area contributed by atoms with Crippen molar-refractivity contribution in [2.75, 3.05) is 19.7 Å². The molecule has 1 aliphatic heterocycles. The van der Waals surface area contributed by atoms with Gasteiger partial charge in [-0.15, -0.1) is 0 Å². The Hall–Kier alpha value is -2.28. The van der Waals surface area contributed by atoms with E-state index in [0.29, 0.717) is 18.7 Å². The predicted molar refractivity (Wildman–Crippen MR) is 83.3 cm³/mol. The Morgan fingerprint density at radius 2 is 2.09 bits per heavy atom. The summed E-state index contributed by atoms with van der Waals surface area (Å²) in [5.74, 6) is 0.364. The third kappa shape index (κ3) is 5.45. The molecule has 0 bridgehead atoms. The number of hydrogen-bond acceptors (Lipinski definition) is 4. The molecule has 7 nitrogen and oxygen atoms in total. The van der Waals surface area contributed by atoms with Crippen LogP contribution in [0.25, 0.3) is 0 Å². The number of carbonyl (C=O) groups excluding carboxylic acids is 1. The Morgan fingerprint density at radius 1 is 1.35 bits per heavy atom. The van der Waals surface area contributed by atoms with Gasteiger partial charge in [0.1, 0.15) is 24.5 Å². The monoisotopic (exact) mass is 322 g/mol. The number of aliphatic hydroxyl groups excluding tert-OH is 1. The summed E-state index contributed by atoms with van der Waals surface area (Å²) in [4.78, 5) is 24.6. The summed E-state index contributed by atoms with van der Waals surface area (Å²) in [5, 5.41) is 21.1. The highest BCUT2D eigenvalue weighted by Crippen LogP contribution is 2.14. The van der Waals surface area contributed by atoms with Gasteiger partial charge in [-0.25, -0.2) is 4.79 Å². The Balaban J connectivity index is 1.86. The van der Waals surface area contributed by atoms with Crippen LogP contribution in [0.5, 0.6) is 5.75 Å². The molecule has 2 atom stereocenters. The van der Waals surface area contributed by atoms with Gasteiger partial charge >= 0.3 is 6.09 Å². The number of carboxylic acid groups (broad SMARTS) is 1. The zero-order chi connectivity index (χ0) is 16.7. The van der Waals surface area contributed by atoms with Crippen molar-refractivity contribution in [3.05, 3.63) is 30.3 Å². The van der Waals surface area contributed by atoms with Crippen LogP contribution in [0.15, 0.2) is 30.3 Å². The van der Waals surface area contributed by atoms with E-state index in [-0.39, 0.29) is 19.1 Å². The van der Waals surface area contributed by atoms with Crippen molar-refractivity contribution in [2.24, 2.45) is 0 Å². The average Bonchev–Trinajstić information content (AvgIpc) is 2.69. The lowest BCUT2D eigenvalue weighted by atomic mass is 10.1. The summed E-state index contributed by atoms with van der Waals surface area (Å²) < 4.78 is 5.47. The Morgan fingerprint density at radius 3 is 2.78 bits per heavy atom. The standard InChI is InChI=1S/C16H22N2O5/c19-12(11-23-13-6-2-1-3-7-13)10-18-9-5-4-8-14(15(18)20)17-16(21)22/h1-3,6-7,12,14,17,19H,4-5,8-11H2,(H,21,22)/t12?,14-/m0/s1. The topological polar surface area (TPSA) is 99.1 Å². The number of ether oxygens (including phenoxy) is 1. The Bertz CT molecular complexity index is 522. The van der Waals surface area contributed by atoms with E-state index in [1.807, 2.05) is 18.2 Å². The van der Waals surface area contributed by atoms with Gasteiger partial charge in [-0.05, 0) is 31.4 Å². The molecular weight excluding hydrogens is 300 g/mol. The van der Waals surface area contributed by atoms with E-state index in [2.05, 4.69) is 5.32 Å². The smallest absolute Gasteiger partial charge is 0.405 e. The van der Waals surface area contributed by atoms with Crippen molar-refractivity contribution in [1.82, 2.24) is 10.2 Å². The summed E-state index contributed by atoms with van der Waals surface area (Å²) in [6, 6.07) is 8.38. The van der Waals surface area contributed by atoms with E-state index in [1.165, 1.54) is 4.90 Å². The zero-order valence-corrected chi connectivity index (χ0v) is 12.9. The maximum atomic E-state index is 12.3. The molecule has 1 aliphatic rings. The predicted octanol–water partition coefficient (Wildman–Crippen LogP) is 1.07. The lowest BCUT2D eigenvalue weighted by molar-refractivity contribution is -0.134. The number of benzene rings is 1. The molecule has 1 heterocycles. The van der Waals surface area contributed by atoms with E-state index in [0.717, 1.165) is 12.8 Å². The fraction of sp³-hybridized carbons (Fsp3) is 0.500. The molecule has 1 unspecified atom stereocenters. The Labute approximate surface area is 134 Å². The van der Waals surface area contributed by atoms with Gasteiger partial charge in [-0.1, -0.05) is 18.2 Å². The van der Waals surface area contributed by atoms with Crippen molar-refractivity contribution < 1.29 is 24.5 Å². The van der Waals surface area contributed by atoms with Gasteiger partial charge in [0.15, 0.2) is 0 Å². The van der Waals surface area contributed by atoms with Gasteiger partial charge in [0, 0.05) is 13.1 Å². The van der Waals surface area contributed by atoms with E-state index < -0.39 is 18.2 Å². The second kappa shape index (κ2) is 8.38. The molecule has 2 rings (SSSR count). The highest BCUT2D eigenvalue weighted by atomic mass is 16.5. The van der Waals surface area contributed by atoms with E-state index >= 15 is 0 Å². The summed E-state index contributed by atoms with van der Waals surface area (Å²) in [7, 11) is 0. The zero-order valence-electron chi connectivity index (χ0n) is 12.9. The molecule has 2 amide bonds. The number of aliphatic hydroxyl groups is 1. The lowest BCUT2D eigenvalue weighted by Crippen LogP contribution is -2.49. The summed E-state index contributed by atoms with van der Waals surface area (Å²) in [6.45, 7) is 0.716. The minimum absolute atomic E-state index is 0.0742. The fourth-order valence-electron chi connectivity index (χ4n) is 2.59. The fourth-order valence-corrected chi connectivity index (χ4v) is 2.59. The van der Waals surface area contributed by atoms with Gasteiger partial charge in [0.25, 0.3) is 0 Å². The van der Waals surface area contributed by atoms with Gasteiger partial charge in [0.2, 0.25) is 5.91 Å². The summed E-state index contributed by atoms with van der Waals surface area (Å²) >= 11 is 0. The van der Waals surface area contributed by atoms with Gasteiger partial charge in [0.05, 0.1) is 0 Å². The van der Waals surface area contributed by atoms with Gasteiger partial charge < -0.3 is 25.2 Å². The highest BCUT2D eigenvalue weighted by molar-refractivity contribution is 5.85. The molecule has 3 N–H and O–H groups in total. The third-order valence-corrected chi connectivity index (χ3v) is 3.70. The maximum absolute atomic E-state index is 12.3. The van der Waals surface area contributed by atoms with Crippen LogP contribution in [-0.4, -0.2) is 59.0 Å². The first kappa shape index (κ1) is 17.1. The first-order valence-electron chi connectivity index (χ1n) is 7.70. The Kier molecular flexibility index (Phi) is 6.22. The van der Waals surface area contributed by atoms with Crippen LogP contribution < -0.4 is 10.1 Å². The molecule has 0 radical (unpaired) electrons. The number of carbonyl (C=O) groups is 2. The summed E-state index contributed by atoms with van der Waals surface area (Å²) in [5.41, 5.74) is 0. The van der Waals surface area contributed by atoms with Crippen LogP contribution in [-0.2, 0) is 4.79 Å². The molecule has 1 fully saturated rings. The first-order chi connectivity index (χ1) is 11.1. The second-order valence-electron chi connectivity index (χ2n) is 5.56. The van der Waals surface area contributed by atoms with Crippen LogP contribution in [0, 0.1) is 0 Å².